The van der Waals surface area contributed by atoms with Gasteiger partial charge in [0.1, 0.15) is 5.52 Å². The second kappa shape index (κ2) is 3.22. The second-order valence-electron chi connectivity index (χ2n) is 4.35. The van der Waals surface area contributed by atoms with Crippen molar-refractivity contribution in [2.45, 2.75) is 24.9 Å². The molecule has 1 aromatic heterocycles. The number of para-hydroxylation sites is 1. The molecule has 1 fully saturated rings. The van der Waals surface area contributed by atoms with Gasteiger partial charge in [-0.2, -0.15) is 4.98 Å². The molecule has 0 radical (unpaired) electrons. The van der Waals surface area contributed by atoms with Crippen molar-refractivity contribution in [2.24, 2.45) is 0 Å². The van der Waals surface area contributed by atoms with Crippen molar-refractivity contribution in [2.75, 3.05) is 7.11 Å². The lowest BCUT2D eigenvalue weighted by atomic mass is 10.1. The molecule has 0 atom stereocenters. The zero-order chi connectivity index (χ0) is 11.2. The lowest BCUT2D eigenvalue weighted by Crippen LogP contribution is -2.10. The van der Waals surface area contributed by atoms with E-state index in [4.69, 9.17) is 9.15 Å². The Labute approximate surface area is 92.9 Å². The van der Waals surface area contributed by atoms with E-state index in [0.717, 1.165) is 23.9 Å². The topological polar surface area (TPSA) is 55.5 Å². The van der Waals surface area contributed by atoms with Crippen LogP contribution in [-0.4, -0.2) is 22.8 Å². The van der Waals surface area contributed by atoms with Crippen LogP contribution >= 0.6 is 0 Å². The molecular formula is C12H13NO3. The van der Waals surface area contributed by atoms with Crippen molar-refractivity contribution < 1.29 is 14.3 Å². The van der Waals surface area contributed by atoms with Gasteiger partial charge in [-0.15, -0.1) is 0 Å². The van der Waals surface area contributed by atoms with Crippen LogP contribution in [0, 0.1) is 0 Å². The molecule has 84 valence electrons. The predicted octanol–water partition coefficient (Wildman–Crippen LogP) is 1.90. The quantitative estimate of drug-likeness (QED) is 0.856. The summed E-state index contributed by atoms with van der Waals surface area (Å²) in [5.74, 6) is 0. The molecule has 1 heterocycles. The summed E-state index contributed by atoms with van der Waals surface area (Å²) in [4.78, 5) is 4.24. The zero-order valence-corrected chi connectivity index (χ0v) is 9.06. The fourth-order valence-corrected chi connectivity index (χ4v) is 1.89. The smallest absolute Gasteiger partial charge is 0.394 e. The van der Waals surface area contributed by atoms with Crippen LogP contribution in [0.3, 0.4) is 0 Å². The Morgan fingerprint density at radius 2 is 2.31 bits per heavy atom. The van der Waals surface area contributed by atoms with Crippen LogP contribution in [-0.2, 0) is 6.42 Å². The van der Waals surface area contributed by atoms with Gasteiger partial charge in [0.25, 0.3) is 0 Å². The molecule has 1 aliphatic carbocycles. The summed E-state index contributed by atoms with van der Waals surface area (Å²) in [5, 5.41) is 9.92. The van der Waals surface area contributed by atoms with Crippen LogP contribution in [0.2, 0.25) is 0 Å². The van der Waals surface area contributed by atoms with Gasteiger partial charge in [0.2, 0.25) is 0 Å². The van der Waals surface area contributed by atoms with Gasteiger partial charge in [-0.05, 0) is 24.5 Å². The Morgan fingerprint density at radius 1 is 1.50 bits per heavy atom. The Morgan fingerprint density at radius 3 is 3.00 bits per heavy atom. The zero-order valence-electron chi connectivity index (χ0n) is 9.06. The van der Waals surface area contributed by atoms with E-state index in [9.17, 15) is 5.11 Å². The van der Waals surface area contributed by atoms with Crippen LogP contribution in [0.4, 0.5) is 0 Å². The van der Waals surface area contributed by atoms with Crippen molar-refractivity contribution in [3.63, 3.8) is 0 Å². The molecule has 1 saturated carbocycles. The number of hydrogen-bond donors (Lipinski definition) is 1. The van der Waals surface area contributed by atoms with E-state index in [1.807, 2.05) is 18.2 Å². The first-order chi connectivity index (χ1) is 7.70. The van der Waals surface area contributed by atoms with Gasteiger partial charge >= 0.3 is 6.08 Å². The Balaban J connectivity index is 2.05. The number of benzene rings is 1. The summed E-state index contributed by atoms with van der Waals surface area (Å²) in [6.45, 7) is 0. The maximum absolute atomic E-state index is 9.92. The van der Waals surface area contributed by atoms with Crippen molar-refractivity contribution in [1.29, 1.82) is 0 Å². The van der Waals surface area contributed by atoms with E-state index >= 15 is 0 Å². The van der Waals surface area contributed by atoms with Crippen LogP contribution in [0.15, 0.2) is 22.6 Å². The van der Waals surface area contributed by atoms with E-state index in [2.05, 4.69) is 4.98 Å². The molecule has 1 N–H and O–H groups in total. The highest BCUT2D eigenvalue weighted by Gasteiger charge is 2.40. The highest BCUT2D eigenvalue weighted by molar-refractivity contribution is 5.77. The van der Waals surface area contributed by atoms with Gasteiger partial charge in [0.05, 0.1) is 12.7 Å². The maximum atomic E-state index is 9.92. The third-order valence-electron chi connectivity index (χ3n) is 3.00. The Bertz CT molecular complexity index is 528. The van der Waals surface area contributed by atoms with E-state index < -0.39 is 5.60 Å². The average molecular weight is 219 g/mol. The third-order valence-corrected chi connectivity index (χ3v) is 3.00. The third kappa shape index (κ3) is 1.55. The molecule has 3 rings (SSSR count). The minimum Gasteiger partial charge on any atom is -0.453 e. The van der Waals surface area contributed by atoms with Gasteiger partial charge < -0.3 is 14.3 Å². The Hall–Kier alpha value is -1.55. The van der Waals surface area contributed by atoms with E-state index in [1.54, 1.807) is 0 Å². The van der Waals surface area contributed by atoms with Gasteiger partial charge in [0.15, 0.2) is 5.58 Å². The summed E-state index contributed by atoms with van der Waals surface area (Å²) in [7, 11) is 1.53. The minimum atomic E-state index is -0.513. The number of rotatable bonds is 3. The van der Waals surface area contributed by atoms with Crippen molar-refractivity contribution >= 4 is 11.1 Å². The maximum Gasteiger partial charge on any atom is 0.394 e. The number of aliphatic hydroxyl groups is 1. The van der Waals surface area contributed by atoms with Gasteiger partial charge in [-0.3, -0.25) is 0 Å². The second-order valence-corrected chi connectivity index (χ2v) is 4.35. The molecule has 0 amide bonds. The van der Waals surface area contributed by atoms with Gasteiger partial charge in [-0.1, -0.05) is 12.1 Å². The first-order valence-corrected chi connectivity index (χ1v) is 5.35. The normalized spacial score (nSPS) is 17.6. The van der Waals surface area contributed by atoms with E-state index in [1.165, 1.54) is 7.11 Å². The summed E-state index contributed by atoms with van der Waals surface area (Å²) in [5.41, 5.74) is 2.00. The molecule has 0 saturated heterocycles. The van der Waals surface area contributed by atoms with E-state index in [-0.39, 0.29) is 6.08 Å². The number of hydrogen-bond acceptors (Lipinski definition) is 4. The van der Waals surface area contributed by atoms with Crippen molar-refractivity contribution in [3.8, 4) is 6.08 Å². The highest BCUT2D eigenvalue weighted by Crippen LogP contribution is 2.39. The van der Waals surface area contributed by atoms with Crippen LogP contribution in [0.25, 0.3) is 11.1 Å². The number of methoxy groups -OCH3 is 1. The van der Waals surface area contributed by atoms with Gasteiger partial charge in [0, 0.05) is 6.42 Å². The molecule has 0 aliphatic heterocycles. The number of oxazole rings is 1. The van der Waals surface area contributed by atoms with Crippen molar-refractivity contribution in [1.82, 2.24) is 4.98 Å². The highest BCUT2D eigenvalue weighted by atomic mass is 16.6. The number of aromatic nitrogens is 1. The fourth-order valence-electron chi connectivity index (χ4n) is 1.89. The molecule has 4 heteroatoms. The van der Waals surface area contributed by atoms with Crippen LogP contribution < -0.4 is 4.74 Å². The first-order valence-electron chi connectivity index (χ1n) is 5.35. The summed E-state index contributed by atoms with van der Waals surface area (Å²) < 4.78 is 10.3. The molecule has 16 heavy (non-hydrogen) atoms. The molecule has 0 unspecified atom stereocenters. The Kier molecular flexibility index (Phi) is 1.94. The SMILES string of the molecule is COc1nc2c(CC3(O)CC3)cccc2o1. The van der Waals surface area contributed by atoms with Gasteiger partial charge in [-0.25, -0.2) is 0 Å². The first kappa shape index (κ1) is 9.66. The molecule has 1 aromatic carbocycles. The summed E-state index contributed by atoms with van der Waals surface area (Å²) in [6.07, 6.45) is 2.65. The molecule has 0 spiro atoms. The van der Waals surface area contributed by atoms with Crippen LogP contribution in [0.5, 0.6) is 6.08 Å². The average Bonchev–Trinajstić information content (AvgIpc) is 2.84. The summed E-state index contributed by atoms with van der Waals surface area (Å²) in [6, 6.07) is 5.74. The molecule has 0 bridgehead atoms. The molecule has 1 aliphatic rings. The number of nitrogens with zero attached hydrogens (tertiary/aromatic N) is 1. The molecular weight excluding hydrogens is 206 g/mol. The van der Waals surface area contributed by atoms with E-state index in [0.29, 0.717) is 12.0 Å². The lowest BCUT2D eigenvalue weighted by Gasteiger charge is -2.06. The lowest BCUT2D eigenvalue weighted by molar-refractivity contribution is 0.151. The largest absolute Gasteiger partial charge is 0.453 e. The monoisotopic (exact) mass is 219 g/mol. The number of ether oxygens (including phenoxy) is 1. The van der Waals surface area contributed by atoms with Crippen molar-refractivity contribution in [3.05, 3.63) is 23.8 Å². The predicted molar refractivity (Wildman–Crippen MR) is 58.4 cm³/mol. The van der Waals surface area contributed by atoms with Crippen LogP contribution in [0.1, 0.15) is 18.4 Å². The molecule has 2 aromatic rings. The standard InChI is InChI=1S/C12H13NO3/c1-15-11-13-10-8(7-12(14)5-6-12)3-2-4-9(10)16-11/h2-4,14H,5-7H2,1H3. The molecule has 4 nitrogen and oxygen atoms in total. The number of fused-ring (bicyclic) bond motifs is 1. The fraction of sp³-hybridized carbons (Fsp3) is 0.417. The summed E-state index contributed by atoms with van der Waals surface area (Å²) >= 11 is 0. The minimum absolute atomic E-state index is 0.269.